The number of hydrogen-bond donors (Lipinski definition) is 2. The van der Waals surface area contributed by atoms with Crippen LogP contribution < -0.4 is 15.4 Å². The predicted molar refractivity (Wildman–Crippen MR) is 93.7 cm³/mol. The van der Waals surface area contributed by atoms with E-state index >= 15 is 0 Å². The van der Waals surface area contributed by atoms with Crippen molar-refractivity contribution in [3.63, 3.8) is 0 Å². The SMILES string of the molecule is COC(=O)CCCOc1ccc(NC(=O)C2(OC)CCNCC2)cc1. The van der Waals surface area contributed by atoms with Crippen molar-refractivity contribution < 1.29 is 23.8 Å². The molecule has 1 aliphatic rings. The summed E-state index contributed by atoms with van der Waals surface area (Å²) in [7, 11) is 2.95. The number of ether oxygens (including phenoxy) is 3. The Balaban J connectivity index is 1.83. The topological polar surface area (TPSA) is 85.9 Å². The van der Waals surface area contributed by atoms with E-state index in [0.29, 0.717) is 43.7 Å². The molecule has 2 N–H and O–H groups in total. The van der Waals surface area contributed by atoms with Crippen molar-refractivity contribution in [2.75, 3.05) is 39.2 Å². The molecule has 1 aromatic carbocycles. The van der Waals surface area contributed by atoms with Crippen LogP contribution in [0.25, 0.3) is 0 Å². The minimum absolute atomic E-state index is 0.122. The second-order valence-electron chi connectivity index (χ2n) is 5.96. The lowest BCUT2D eigenvalue weighted by atomic mass is 9.91. The van der Waals surface area contributed by atoms with Crippen LogP contribution in [0.2, 0.25) is 0 Å². The van der Waals surface area contributed by atoms with Crippen LogP contribution in [-0.4, -0.2) is 51.4 Å². The highest BCUT2D eigenvalue weighted by Gasteiger charge is 2.39. The largest absolute Gasteiger partial charge is 0.494 e. The molecule has 1 heterocycles. The van der Waals surface area contributed by atoms with Gasteiger partial charge in [-0.05, 0) is 56.6 Å². The number of carbonyl (C=O) groups is 2. The number of esters is 1. The van der Waals surface area contributed by atoms with Crippen molar-refractivity contribution >= 4 is 17.6 Å². The van der Waals surface area contributed by atoms with Gasteiger partial charge in [0.2, 0.25) is 0 Å². The Morgan fingerprint density at radius 1 is 1.16 bits per heavy atom. The zero-order chi connectivity index (χ0) is 18.1. The van der Waals surface area contributed by atoms with Gasteiger partial charge in [-0.1, -0.05) is 0 Å². The fourth-order valence-corrected chi connectivity index (χ4v) is 2.74. The summed E-state index contributed by atoms with van der Waals surface area (Å²) >= 11 is 0. The molecule has 0 saturated carbocycles. The molecule has 138 valence electrons. The maximum Gasteiger partial charge on any atom is 0.305 e. The number of nitrogens with one attached hydrogen (secondary N) is 2. The van der Waals surface area contributed by atoms with Gasteiger partial charge < -0.3 is 24.8 Å². The third-order valence-corrected chi connectivity index (χ3v) is 4.35. The van der Waals surface area contributed by atoms with Crippen LogP contribution >= 0.6 is 0 Å². The van der Waals surface area contributed by atoms with E-state index in [-0.39, 0.29) is 11.9 Å². The number of hydrogen-bond acceptors (Lipinski definition) is 6. The maximum absolute atomic E-state index is 12.6. The maximum atomic E-state index is 12.6. The number of benzene rings is 1. The van der Waals surface area contributed by atoms with Crippen LogP contribution in [0.4, 0.5) is 5.69 Å². The first-order chi connectivity index (χ1) is 12.1. The van der Waals surface area contributed by atoms with Gasteiger partial charge in [-0.15, -0.1) is 0 Å². The van der Waals surface area contributed by atoms with Crippen LogP contribution in [0.5, 0.6) is 5.75 Å². The first-order valence-corrected chi connectivity index (χ1v) is 8.46. The molecule has 1 saturated heterocycles. The number of rotatable bonds is 8. The third-order valence-electron chi connectivity index (χ3n) is 4.35. The molecule has 0 aromatic heterocycles. The Morgan fingerprint density at radius 2 is 1.84 bits per heavy atom. The molecule has 0 radical (unpaired) electrons. The lowest BCUT2D eigenvalue weighted by Crippen LogP contribution is -2.51. The number of carbonyl (C=O) groups excluding carboxylic acids is 2. The average Bonchev–Trinajstić information content (AvgIpc) is 2.66. The summed E-state index contributed by atoms with van der Waals surface area (Å²) in [5.74, 6) is 0.320. The Kier molecular flexibility index (Phi) is 7.21. The standard InChI is InChI=1S/C18H26N2O5/c1-23-16(21)4-3-13-25-15-7-5-14(6-8-15)20-17(22)18(24-2)9-11-19-12-10-18/h5-8,19H,3-4,9-13H2,1-2H3,(H,20,22). The molecule has 1 amide bonds. The van der Waals surface area contributed by atoms with Crippen molar-refractivity contribution in [2.45, 2.75) is 31.3 Å². The molecule has 0 spiro atoms. The quantitative estimate of drug-likeness (QED) is 0.548. The van der Waals surface area contributed by atoms with E-state index in [1.165, 1.54) is 7.11 Å². The molecule has 1 fully saturated rings. The zero-order valence-electron chi connectivity index (χ0n) is 14.8. The van der Waals surface area contributed by atoms with Crippen LogP contribution in [-0.2, 0) is 19.1 Å². The molecule has 2 rings (SSSR count). The van der Waals surface area contributed by atoms with Crippen molar-refractivity contribution in [3.8, 4) is 5.75 Å². The zero-order valence-corrected chi connectivity index (χ0v) is 14.8. The molecule has 25 heavy (non-hydrogen) atoms. The van der Waals surface area contributed by atoms with Crippen molar-refractivity contribution in [1.82, 2.24) is 5.32 Å². The molecule has 1 aliphatic heterocycles. The van der Waals surface area contributed by atoms with Gasteiger partial charge in [0, 0.05) is 19.2 Å². The molecular weight excluding hydrogens is 324 g/mol. The van der Waals surface area contributed by atoms with Crippen LogP contribution in [0.15, 0.2) is 24.3 Å². The summed E-state index contributed by atoms with van der Waals surface area (Å²) in [6.07, 6.45) is 2.22. The molecule has 0 aliphatic carbocycles. The first kappa shape index (κ1) is 19.2. The van der Waals surface area contributed by atoms with Gasteiger partial charge in [-0.3, -0.25) is 9.59 Å². The van der Waals surface area contributed by atoms with Gasteiger partial charge in [0.25, 0.3) is 5.91 Å². The number of anilines is 1. The normalized spacial score (nSPS) is 16.1. The summed E-state index contributed by atoms with van der Waals surface area (Å²) < 4.78 is 15.7. The Morgan fingerprint density at radius 3 is 2.44 bits per heavy atom. The second kappa shape index (κ2) is 9.39. The van der Waals surface area contributed by atoms with Crippen molar-refractivity contribution in [1.29, 1.82) is 0 Å². The van der Waals surface area contributed by atoms with Gasteiger partial charge in [0.05, 0.1) is 13.7 Å². The monoisotopic (exact) mass is 350 g/mol. The number of amides is 1. The smallest absolute Gasteiger partial charge is 0.305 e. The van der Waals surface area contributed by atoms with Gasteiger partial charge in [0.15, 0.2) is 0 Å². The van der Waals surface area contributed by atoms with E-state index in [1.807, 2.05) is 0 Å². The summed E-state index contributed by atoms with van der Waals surface area (Å²) in [5, 5.41) is 6.14. The highest BCUT2D eigenvalue weighted by molar-refractivity contribution is 5.97. The van der Waals surface area contributed by atoms with Crippen LogP contribution in [0.1, 0.15) is 25.7 Å². The summed E-state index contributed by atoms with van der Waals surface area (Å²) in [6, 6.07) is 7.15. The van der Waals surface area contributed by atoms with E-state index in [9.17, 15) is 9.59 Å². The Hall–Kier alpha value is -2.12. The summed E-state index contributed by atoms with van der Waals surface area (Å²) in [5.41, 5.74) is -0.0734. The van der Waals surface area contributed by atoms with Crippen LogP contribution in [0.3, 0.4) is 0 Å². The average molecular weight is 350 g/mol. The van der Waals surface area contributed by atoms with Gasteiger partial charge >= 0.3 is 5.97 Å². The molecule has 7 nitrogen and oxygen atoms in total. The van der Waals surface area contributed by atoms with Gasteiger partial charge in [-0.25, -0.2) is 0 Å². The van der Waals surface area contributed by atoms with E-state index in [1.54, 1.807) is 31.4 Å². The van der Waals surface area contributed by atoms with E-state index in [2.05, 4.69) is 15.4 Å². The van der Waals surface area contributed by atoms with Gasteiger partial charge in [-0.2, -0.15) is 0 Å². The third kappa shape index (κ3) is 5.44. The first-order valence-electron chi connectivity index (χ1n) is 8.46. The molecule has 0 unspecified atom stereocenters. The Labute approximate surface area is 148 Å². The molecule has 0 atom stereocenters. The van der Waals surface area contributed by atoms with Crippen molar-refractivity contribution in [2.24, 2.45) is 0 Å². The molecule has 7 heteroatoms. The number of piperidine rings is 1. The number of methoxy groups -OCH3 is 2. The van der Waals surface area contributed by atoms with E-state index in [0.717, 1.165) is 13.1 Å². The fraction of sp³-hybridized carbons (Fsp3) is 0.556. The lowest BCUT2D eigenvalue weighted by Gasteiger charge is -2.34. The molecule has 1 aromatic rings. The molecule has 0 bridgehead atoms. The summed E-state index contributed by atoms with van der Waals surface area (Å²) in [4.78, 5) is 23.6. The Bertz CT molecular complexity index is 567. The predicted octanol–water partition coefficient (Wildman–Crippen LogP) is 1.73. The van der Waals surface area contributed by atoms with E-state index < -0.39 is 5.60 Å². The fourth-order valence-electron chi connectivity index (χ4n) is 2.74. The highest BCUT2D eigenvalue weighted by atomic mass is 16.5. The summed E-state index contributed by atoms with van der Waals surface area (Å²) in [6.45, 7) is 1.96. The van der Waals surface area contributed by atoms with Crippen molar-refractivity contribution in [3.05, 3.63) is 24.3 Å². The van der Waals surface area contributed by atoms with Gasteiger partial charge in [0.1, 0.15) is 11.4 Å². The second-order valence-corrected chi connectivity index (χ2v) is 5.96. The van der Waals surface area contributed by atoms with Crippen LogP contribution in [0, 0.1) is 0 Å². The molecular formula is C18H26N2O5. The lowest BCUT2D eigenvalue weighted by molar-refractivity contribution is -0.141. The minimum Gasteiger partial charge on any atom is -0.494 e. The minimum atomic E-state index is -0.770. The highest BCUT2D eigenvalue weighted by Crippen LogP contribution is 2.25. The van der Waals surface area contributed by atoms with E-state index in [4.69, 9.17) is 9.47 Å².